The molecule has 0 saturated carbocycles. The first-order valence-electron chi connectivity index (χ1n) is 8.71. The van der Waals surface area contributed by atoms with E-state index in [2.05, 4.69) is 51.9 Å². The SMILES string of the molecule is CCNC(=NCc1ccccc1Cn1cccn1)NCc1scnc1C.I. The molecule has 0 aliphatic carbocycles. The lowest BCUT2D eigenvalue weighted by molar-refractivity contribution is 0.680. The normalized spacial score (nSPS) is 11.1. The third-order valence-electron chi connectivity index (χ3n) is 4.02. The van der Waals surface area contributed by atoms with Crippen LogP contribution in [0.1, 0.15) is 28.6 Å². The maximum Gasteiger partial charge on any atom is 0.191 e. The highest BCUT2D eigenvalue weighted by Gasteiger charge is 2.05. The van der Waals surface area contributed by atoms with Gasteiger partial charge in [-0.15, -0.1) is 35.3 Å². The summed E-state index contributed by atoms with van der Waals surface area (Å²) in [7, 11) is 0. The van der Waals surface area contributed by atoms with E-state index in [0.29, 0.717) is 6.54 Å². The second-order valence-corrected chi connectivity index (χ2v) is 6.82. The molecule has 0 spiro atoms. The van der Waals surface area contributed by atoms with Gasteiger partial charge in [-0.3, -0.25) is 4.68 Å². The number of benzene rings is 1. The molecule has 2 N–H and O–H groups in total. The molecular formula is C19H25IN6S. The van der Waals surface area contributed by atoms with Crippen LogP contribution in [-0.4, -0.2) is 27.3 Å². The zero-order valence-electron chi connectivity index (χ0n) is 15.6. The van der Waals surface area contributed by atoms with Crippen molar-refractivity contribution in [1.82, 2.24) is 25.4 Å². The summed E-state index contributed by atoms with van der Waals surface area (Å²) in [6.07, 6.45) is 3.78. The fourth-order valence-corrected chi connectivity index (χ4v) is 3.32. The van der Waals surface area contributed by atoms with Gasteiger partial charge < -0.3 is 10.6 Å². The molecule has 0 atom stereocenters. The van der Waals surface area contributed by atoms with E-state index in [0.717, 1.165) is 31.3 Å². The highest BCUT2D eigenvalue weighted by Crippen LogP contribution is 2.13. The van der Waals surface area contributed by atoms with Crippen molar-refractivity contribution in [2.45, 2.75) is 33.5 Å². The molecule has 1 aromatic carbocycles. The Morgan fingerprint density at radius 1 is 1.19 bits per heavy atom. The molecule has 2 aromatic heterocycles. The van der Waals surface area contributed by atoms with E-state index in [9.17, 15) is 0 Å². The molecular weight excluding hydrogens is 471 g/mol. The largest absolute Gasteiger partial charge is 0.357 e. The number of hydrogen-bond donors (Lipinski definition) is 2. The van der Waals surface area contributed by atoms with Crippen molar-refractivity contribution in [2.24, 2.45) is 4.99 Å². The monoisotopic (exact) mass is 496 g/mol. The summed E-state index contributed by atoms with van der Waals surface area (Å²) in [5, 5.41) is 11.0. The Morgan fingerprint density at radius 2 is 2.00 bits per heavy atom. The molecule has 8 heteroatoms. The fourth-order valence-electron chi connectivity index (χ4n) is 2.60. The van der Waals surface area contributed by atoms with Crippen LogP contribution in [0.4, 0.5) is 0 Å². The summed E-state index contributed by atoms with van der Waals surface area (Å²) < 4.78 is 1.93. The second kappa shape index (κ2) is 11.0. The number of aromatic nitrogens is 3. The van der Waals surface area contributed by atoms with Crippen LogP contribution < -0.4 is 10.6 Å². The Kier molecular flexibility index (Phi) is 8.73. The van der Waals surface area contributed by atoms with Gasteiger partial charge in [-0.25, -0.2) is 9.98 Å². The van der Waals surface area contributed by atoms with E-state index in [1.165, 1.54) is 16.0 Å². The van der Waals surface area contributed by atoms with Crippen molar-refractivity contribution in [3.8, 4) is 0 Å². The molecule has 0 bridgehead atoms. The van der Waals surface area contributed by atoms with Crippen LogP contribution in [0.5, 0.6) is 0 Å². The number of halogens is 1. The number of nitrogens with zero attached hydrogens (tertiary/aromatic N) is 4. The summed E-state index contributed by atoms with van der Waals surface area (Å²) >= 11 is 1.66. The van der Waals surface area contributed by atoms with Crippen molar-refractivity contribution in [3.63, 3.8) is 0 Å². The van der Waals surface area contributed by atoms with Gasteiger partial charge in [-0.1, -0.05) is 24.3 Å². The average molecular weight is 496 g/mol. The van der Waals surface area contributed by atoms with Crippen molar-refractivity contribution >= 4 is 41.3 Å². The lowest BCUT2D eigenvalue weighted by Crippen LogP contribution is -2.36. The van der Waals surface area contributed by atoms with Gasteiger partial charge in [0, 0.05) is 23.8 Å². The van der Waals surface area contributed by atoms with E-state index in [1.54, 1.807) is 17.5 Å². The Balaban J connectivity index is 0.00000261. The van der Waals surface area contributed by atoms with Gasteiger partial charge in [0.25, 0.3) is 0 Å². The van der Waals surface area contributed by atoms with E-state index >= 15 is 0 Å². The molecule has 0 aliphatic heterocycles. The fraction of sp³-hybridized carbons (Fsp3) is 0.316. The van der Waals surface area contributed by atoms with Crippen molar-refractivity contribution < 1.29 is 0 Å². The highest BCUT2D eigenvalue weighted by atomic mass is 127. The minimum atomic E-state index is 0. The molecule has 3 rings (SSSR count). The molecule has 0 fully saturated rings. The van der Waals surface area contributed by atoms with Gasteiger partial charge in [-0.05, 0) is 31.0 Å². The molecule has 3 aromatic rings. The zero-order chi connectivity index (χ0) is 18.2. The Bertz CT molecular complexity index is 844. The van der Waals surface area contributed by atoms with Crippen molar-refractivity contribution in [3.05, 3.63) is 69.9 Å². The third-order valence-corrected chi connectivity index (χ3v) is 4.96. The quantitative estimate of drug-likeness (QED) is 0.298. The zero-order valence-corrected chi connectivity index (χ0v) is 18.7. The number of aryl methyl sites for hydroxylation is 1. The number of rotatable bonds is 7. The molecule has 0 radical (unpaired) electrons. The Labute approximate surface area is 181 Å². The molecule has 0 saturated heterocycles. The topological polar surface area (TPSA) is 67.1 Å². The first kappa shape index (κ1) is 21.4. The summed E-state index contributed by atoms with van der Waals surface area (Å²) in [6.45, 7) is 7.03. The molecule has 0 aliphatic rings. The molecule has 0 unspecified atom stereocenters. The smallest absolute Gasteiger partial charge is 0.191 e. The lowest BCUT2D eigenvalue weighted by atomic mass is 10.1. The second-order valence-electron chi connectivity index (χ2n) is 5.88. The molecule has 0 amide bonds. The lowest BCUT2D eigenvalue weighted by Gasteiger charge is -2.12. The van der Waals surface area contributed by atoms with Crippen molar-refractivity contribution in [2.75, 3.05) is 6.54 Å². The number of guanidine groups is 1. The van der Waals surface area contributed by atoms with Crippen LogP contribution in [0.3, 0.4) is 0 Å². The van der Waals surface area contributed by atoms with E-state index in [4.69, 9.17) is 4.99 Å². The van der Waals surface area contributed by atoms with Gasteiger partial charge in [0.1, 0.15) is 0 Å². The predicted molar refractivity (Wildman–Crippen MR) is 122 cm³/mol. The summed E-state index contributed by atoms with van der Waals surface area (Å²) in [5.41, 5.74) is 5.38. The van der Waals surface area contributed by atoms with E-state index in [1.807, 2.05) is 29.4 Å². The summed E-state index contributed by atoms with van der Waals surface area (Å²) in [5.74, 6) is 0.814. The predicted octanol–water partition coefficient (Wildman–Crippen LogP) is 3.57. The number of hydrogen-bond acceptors (Lipinski definition) is 4. The van der Waals surface area contributed by atoms with Gasteiger partial charge in [0.15, 0.2) is 5.96 Å². The summed E-state index contributed by atoms with van der Waals surface area (Å²) in [4.78, 5) is 10.3. The minimum Gasteiger partial charge on any atom is -0.357 e. The maximum atomic E-state index is 4.75. The van der Waals surface area contributed by atoms with Crippen LogP contribution >= 0.6 is 35.3 Å². The van der Waals surface area contributed by atoms with E-state index in [-0.39, 0.29) is 24.0 Å². The Hall–Kier alpha value is -1.94. The molecule has 27 heavy (non-hydrogen) atoms. The van der Waals surface area contributed by atoms with E-state index < -0.39 is 0 Å². The van der Waals surface area contributed by atoms with Crippen LogP contribution in [-0.2, 0) is 19.6 Å². The van der Waals surface area contributed by atoms with Gasteiger partial charge in [-0.2, -0.15) is 5.10 Å². The number of nitrogens with one attached hydrogen (secondary N) is 2. The van der Waals surface area contributed by atoms with Crippen molar-refractivity contribution in [1.29, 1.82) is 0 Å². The van der Waals surface area contributed by atoms with Crippen LogP contribution in [0.15, 0.2) is 53.2 Å². The third kappa shape index (κ3) is 6.31. The minimum absolute atomic E-state index is 0. The number of aliphatic imine (C=N–C) groups is 1. The maximum absolute atomic E-state index is 4.75. The average Bonchev–Trinajstić information content (AvgIpc) is 3.30. The Morgan fingerprint density at radius 3 is 2.67 bits per heavy atom. The summed E-state index contributed by atoms with van der Waals surface area (Å²) in [6, 6.07) is 10.3. The van der Waals surface area contributed by atoms with Crippen LogP contribution in [0, 0.1) is 6.92 Å². The van der Waals surface area contributed by atoms with Gasteiger partial charge in [0.2, 0.25) is 0 Å². The molecule has 144 valence electrons. The van der Waals surface area contributed by atoms with Gasteiger partial charge >= 0.3 is 0 Å². The number of thiazole rings is 1. The van der Waals surface area contributed by atoms with Crippen LogP contribution in [0.25, 0.3) is 0 Å². The molecule has 6 nitrogen and oxygen atoms in total. The first-order valence-corrected chi connectivity index (χ1v) is 9.59. The van der Waals surface area contributed by atoms with Crippen LogP contribution in [0.2, 0.25) is 0 Å². The molecule has 2 heterocycles. The first-order chi connectivity index (χ1) is 12.8. The van der Waals surface area contributed by atoms with Gasteiger partial charge in [0.05, 0.1) is 30.8 Å². The standard InChI is InChI=1S/C19H24N6S.HI/c1-3-20-19(22-12-18-15(2)23-14-26-18)21-11-16-7-4-5-8-17(16)13-25-10-6-9-24-25;/h4-10,14H,3,11-13H2,1-2H3,(H2,20,21,22);1H. The highest BCUT2D eigenvalue weighted by molar-refractivity contribution is 14.0.